The molecule has 0 radical (unpaired) electrons. The molecular formula is C38H24N4. The van der Waals surface area contributed by atoms with Crippen LogP contribution >= 0.6 is 0 Å². The first-order valence-corrected chi connectivity index (χ1v) is 13.9. The minimum absolute atomic E-state index is 0.919. The molecule has 4 aromatic carbocycles. The van der Waals surface area contributed by atoms with E-state index in [1.165, 1.54) is 0 Å². The predicted octanol–water partition coefficient (Wildman–Crippen LogP) is 9.39. The largest absolute Gasteiger partial charge is 0.265 e. The van der Waals surface area contributed by atoms with Crippen molar-refractivity contribution in [2.45, 2.75) is 0 Å². The fourth-order valence-electron chi connectivity index (χ4n) is 5.84. The minimum atomic E-state index is 0.919. The Hall–Kier alpha value is -5.74. The van der Waals surface area contributed by atoms with Gasteiger partial charge in [0.15, 0.2) is 0 Å². The number of aromatic nitrogens is 4. The van der Waals surface area contributed by atoms with Crippen LogP contribution in [0, 0.1) is 0 Å². The Kier molecular flexibility index (Phi) is 5.75. The summed E-state index contributed by atoms with van der Waals surface area (Å²) in [5.74, 6) is 0. The average Bonchev–Trinajstić information content (AvgIpc) is 3.08. The van der Waals surface area contributed by atoms with E-state index in [4.69, 9.17) is 4.98 Å². The van der Waals surface area contributed by atoms with Crippen molar-refractivity contribution in [1.29, 1.82) is 0 Å². The molecule has 0 aliphatic carbocycles. The Labute approximate surface area is 243 Å². The molecule has 0 saturated carbocycles. The van der Waals surface area contributed by atoms with Gasteiger partial charge >= 0.3 is 0 Å². The molecule has 4 aromatic heterocycles. The highest BCUT2D eigenvalue weighted by atomic mass is 14.7. The van der Waals surface area contributed by atoms with Crippen LogP contribution in [0.3, 0.4) is 0 Å². The van der Waals surface area contributed by atoms with E-state index in [9.17, 15) is 0 Å². The van der Waals surface area contributed by atoms with Gasteiger partial charge in [-0.05, 0) is 87.5 Å². The number of pyridine rings is 4. The average molecular weight is 537 g/mol. The lowest BCUT2D eigenvalue weighted by Gasteiger charge is -2.16. The third kappa shape index (κ3) is 4.18. The molecule has 0 fully saturated rings. The monoisotopic (exact) mass is 536 g/mol. The molecule has 0 saturated heterocycles. The molecule has 0 amide bonds. The molecule has 4 heterocycles. The molecule has 0 aliphatic rings. The standard InChI is InChI=1S/C38H24N4/c1-5-27(25-15-19-39-20-16-25)21-29(6-1)35-23-28(13-14-33(35)32-8-2-10-36-34(32)9-4-17-40-36)31-22-30-12-11-26-7-3-18-41-37(26)38(30)42-24-31/h1-24H. The van der Waals surface area contributed by atoms with Gasteiger partial charge in [0.25, 0.3) is 0 Å². The third-order valence-corrected chi connectivity index (χ3v) is 7.90. The van der Waals surface area contributed by atoms with E-state index in [0.717, 1.165) is 77.2 Å². The zero-order valence-corrected chi connectivity index (χ0v) is 22.6. The summed E-state index contributed by atoms with van der Waals surface area (Å²) in [4.78, 5) is 18.3. The van der Waals surface area contributed by atoms with Gasteiger partial charge in [0.05, 0.1) is 16.6 Å². The number of benzene rings is 4. The van der Waals surface area contributed by atoms with Crippen molar-refractivity contribution in [3.05, 3.63) is 146 Å². The van der Waals surface area contributed by atoms with Crippen molar-refractivity contribution >= 4 is 32.7 Å². The summed E-state index contributed by atoms with van der Waals surface area (Å²) in [7, 11) is 0. The van der Waals surface area contributed by atoms with Crippen LogP contribution in [-0.2, 0) is 0 Å². The molecule has 4 heteroatoms. The van der Waals surface area contributed by atoms with Gasteiger partial charge in [-0.3, -0.25) is 19.9 Å². The van der Waals surface area contributed by atoms with Crippen molar-refractivity contribution in [3.8, 4) is 44.5 Å². The molecule has 4 nitrogen and oxygen atoms in total. The summed E-state index contributed by atoms with van der Waals surface area (Å²) in [6, 6.07) is 40.5. The number of hydrogen-bond donors (Lipinski definition) is 0. The molecule has 0 bridgehead atoms. The highest BCUT2D eigenvalue weighted by Gasteiger charge is 2.14. The minimum Gasteiger partial charge on any atom is -0.265 e. The van der Waals surface area contributed by atoms with E-state index in [2.05, 4.69) is 106 Å². The zero-order chi connectivity index (χ0) is 27.9. The molecule has 8 aromatic rings. The van der Waals surface area contributed by atoms with Crippen LogP contribution in [0.25, 0.3) is 77.2 Å². The summed E-state index contributed by atoms with van der Waals surface area (Å²) in [6.07, 6.45) is 9.31. The normalized spacial score (nSPS) is 11.3. The van der Waals surface area contributed by atoms with Crippen LogP contribution in [-0.4, -0.2) is 19.9 Å². The van der Waals surface area contributed by atoms with Gasteiger partial charge < -0.3 is 0 Å². The van der Waals surface area contributed by atoms with Crippen molar-refractivity contribution in [2.75, 3.05) is 0 Å². The van der Waals surface area contributed by atoms with Gasteiger partial charge in [0, 0.05) is 52.7 Å². The van der Waals surface area contributed by atoms with Gasteiger partial charge in [-0.2, -0.15) is 0 Å². The van der Waals surface area contributed by atoms with E-state index in [1.54, 1.807) is 0 Å². The highest BCUT2D eigenvalue weighted by Crippen LogP contribution is 2.40. The van der Waals surface area contributed by atoms with Crippen LogP contribution in [0.5, 0.6) is 0 Å². The molecule has 0 spiro atoms. The van der Waals surface area contributed by atoms with Crippen molar-refractivity contribution in [1.82, 2.24) is 19.9 Å². The summed E-state index contributed by atoms with van der Waals surface area (Å²) < 4.78 is 0. The van der Waals surface area contributed by atoms with Crippen LogP contribution in [0.1, 0.15) is 0 Å². The molecule has 0 unspecified atom stereocenters. The maximum Gasteiger partial charge on any atom is 0.0964 e. The molecule has 8 rings (SSSR count). The van der Waals surface area contributed by atoms with Crippen molar-refractivity contribution in [2.24, 2.45) is 0 Å². The topological polar surface area (TPSA) is 51.6 Å². The summed E-state index contributed by atoms with van der Waals surface area (Å²) in [5, 5.41) is 3.30. The summed E-state index contributed by atoms with van der Waals surface area (Å²) in [6.45, 7) is 0. The van der Waals surface area contributed by atoms with Crippen molar-refractivity contribution < 1.29 is 0 Å². The van der Waals surface area contributed by atoms with Gasteiger partial charge in [-0.25, -0.2) is 0 Å². The van der Waals surface area contributed by atoms with Gasteiger partial charge in [0.1, 0.15) is 0 Å². The third-order valence-electron chi connectivity index (χ3n) is 7.90. The quantitative estimate of drug-likeness (QED) is 0.210. The van der Waals surface area contributed by atoms with Gasteiger partial charge in [0.2, 0.25) is 0 Å². The predicted molar refractivity (Wildman–Crippen MR) is 172 cm³/mol. The number of rotatable bonds is 4. The van der Waals surface area contributed by atoms with Crippen LogP contribution in [0.4, 0.5) is 0 Å². The van der Waals surface area contributed by atoms with Crippen molar-refractivity contribution in [3.63, 3.8) is 0 Å². The lowest BCUT2D eigenvalue weighted by Crippen LogP contribution is -1.91. The Morgan fingerprint density at radius 3 is 2.12 bits per heavy atom. The first-order chi connectivity index (χ1) is 20.8. The summed E-state index contributed by atoms with van der Waals surface area (Å²) in [5.41, 5.74) is 11.9. The Balaban J connectivity index is 1.34. The smallest absolute Gasteiger partial charge is 0.0964 e. The fraction of sp³-hybridized carbons (Fsp3) is 0. The number of fused-ring (bicyclic) bond motifs is 4. The fourth-order valence-corrected chi connectivity index (χ4v) is 5.84. The zero-order valence-electron chi connectivity index (χ0n) is 22.6. The van der Waals surface area contributed by atoms with Gasteiger partial charge in [-0.15, -0.1) is 0 Å². The maximum atomic E-state index is 4.89. The Bertz CT molecular complexity index is 2250. The second-order valence-electron chi connectivity index (χ2n) is 10.4. The van der Waals surface area contributed by atoms with E-state index < -0.39 is 0 Å². The lowest BCUT2D eigenvalue weighted by atomic mass is 9.88. The highest BCUT2D eigenvalue weighted by molar-refractivity contribution is 6.04. The maximum absolute atomic E-state index is 4.89. The molecular weight excluding hydrogens is 512 g/mol. The lowest BCUT2D eigenvalue weighted by molar-refractivity contribution is 1.33. The van der Waals surface area contributed by atoms with Crippen LogP contribution in [0.2, 0.25) is 0 Å². The molecule has 0 aliphatic heterocycles. The first-order valence-electron chi connectivity index (χ1n) is 13.9. The molecule has 42 heavy (non-hydrogen) atoms. The van der Waals surface area contributed by atoms with E-state index in [0.29, 0.717) is 0 Å². The number of nitrogens with zero attached hydrogens (tertiary/aromatic N) is 4. The van der Waals surface area contributed by atoms with E-state index in [1.807, 2.05) is 55.2 Å². The van der Waals surface area contributed by atoms with Crippen LogP contribution in [0.15, 0.2) is 146 Å². The first kappa shape index (κ1) is 24.1. The Morgan fingerprint density at radius 2 is 1.17 bits per heavy atom. The second-order valence-corrected chi connectivity index (χ2v) is 10.4. The van der Waals surface area contributed by atoms with Gasteiger partial charge in [-0.1, -0.05) is 66.7 Å². The Morgan fingerprint density at radius 1 is 0.381 bits per heavy atom. The molecule has 0 atom stereocenters. The van der Waals surface area contributed by atoms with Crippen LogP contribution < -0.4 is 0 Å². The van der Waals surface area contributed by atoms with E-state index in [-0.39, 0.29) is 0 Å². The molecule has 0 N–H and O–H groups in total. The van der Waals surface area contributed by atoms with E-state index >= 15 is 0 Å². The molecule has 196 valence electrons. The SMILES string of the molecule is c1cc(-c2ccncc2)cc(-c2cc(-c3cnc4c(ccc5cccnc54)c3)ccc2-c2cccc3ncccc23)c1. The summed E-state index contributed by atoms with van der Waals surface area (Å²) >= 11 is 0. The second kappa shape index (κ2) is 10.0. The number of hydrogen-bond acceptors (Lipinski definition) is 4.